The van der Waals surface area contributed by atoms with Crippen LogP contribution in [0.15, 0.2) is 18.2 Å². The highest BCUT2D eigenvalue weighted by Crippen LogP contribution is 2.45. The predicted molar refractivity (Wildman–Crippen MR) is 105 cm³/mol. The van der Waals surface area contributed by atoms with Crippen LogP contribution in [0.4, 0.5) is 4.79 Å². The number of aromatic nitrogens is 2. The van der Waals surface area contributed by atoms with Crippen LogP contribution >= 0.6 is 0 Å². The Morgan fingerprint density at radius 2 is 1.86 bits per heavy atom. The molecular formula is C22H26N2O4. The van der Waals surface area contributed by atoms with Crippen LogP contribution in [0.1, 0.15) is 67.8 Å². The molecule has 0 saturated heterocycles. The molecule has 6 heteroatoms. The molecule has 4 rings (SSSR count). The molecule has 2 aliphatic rings. The molecule has 1 fully saturated rings. The zero-order valence-corrected chi connectivity index (χ0v) is 16.2. The van der Waals surface area contributed by atoms with Crippen LogP contribution in [0.3, 0.4) is 0 Å². The fourth-order valence-corrected chi connectivity index (χ4v) is 4.53. The quantitative estimate of drug-likeness (QED) is 0.583. The number of methoxy groups -OCH3 is 1. The summed E-state index contributed by atoms with van der Waals surface area (Å²) in [5.41, 5.74) is 4.43. The largest absolute Gasteiger partial charge is 0.511 e. The van der Waals surface area contributed by atoms with Crippen LogP contribution in [0.5, 0.6) is 11.6 Å². The van der Waals surface area contributed by atoms with E-state index in [-0.39, 0.29) is 5.92 Å². The summed E-state index contributed by atoms with van der Waals surface area (Å²) in [5.74, 6) is 1.12. The van der Waals surface area contributed by atoms with Gasteiger partial charge in [-0.25, -0.2) is 9.78 Å². The third-order valence-corrected chi connectivity index (χ3v) is 5.83. The topological polar surface area (TPSA) is 81.5 Å². The minimum absolute atomic E-state index is 0.243. The lowest BCUT2D eigenvalue weighted by atomic mass is 9.92. The van der Waals surface area contributed by atoms with Crippen molar-refractivity contribution in [1.29, 1.82) is 0 Å². The number of nitrogens with zero attached hydrogens (tertiary/aromatic N) is 2. The Hall–Kier alpha value is -2.63. The average Bonchev–Trinajstić information content (AvgIpc) is 3.13. The molecule has 148 valence electrons. The second-order valence-corrected chi connectivity index (χ2v) is 7.60. The third kappa shape index (κ3) is 3.68. The van der Waals surface area contributed by atoms with Crippen molar-refractivity contribution in [2.75, 3.05) is 7.11 Å². The molecule has 2 aromatic rings. The van der Waals surface area contributed by atoms with E-state index >= 15 is 0 Å². The van der Waals surface area contributed by atoms with Crippen LogP contribution in [0.25, 0.3) is 11.3 Å². The molecule has 0 aromatic carbocycles. The summed E-state index contributed by atoms with van der Waals surface area (Å²) in [7, 11) is 1.58. The van der Waals surface area contributed by atoms with Gasteiger partial charge >= 0.3 is 6.16 Å². The molecular weight excluding hydrogens is 356 g/mol. The molecule has 2 heterocycles. The zero-order chi connectivity index (χ0) is 19.5. The summed E-state index contributed by atoms with van der Waals surface area (Å²) < 4.78 is 10.7. The number of aryl methyl sites for hydroxylation is 1. The molecule has 1 N–H and O–H groups in total. The Labute approximate surface area is 164 Å². The van der Waals surface area contributed by atoms with E-state index < -0.39 is 6.16 Å². The minimum Gasteiger partial charge on any atom is -0.481 e. The molecule has 0 bridgehead atoms. The van der Waals surface area contributed by atoms with E-state index in [0.717, 1.165) is 80.3 Å². The van der Waals surface area contributed by atoms with Crippen molar-refractivity contribution in [3.63, 3.8) is 0 Å². The molecule has 28 heavy (non-hydrogen) atoms. The number of carbonyl (C=O) groups is 1. The summed E-state index contributed by atoms with van der Waals surface area (Å²) in [4.78, 5) is 21.2. The second kappa shape index (κ2) is 8.17. The fraction of sp³-hybridized carbons (Fsp3) is 0.500. The lowest BCUT2D eigenvalue weighted by Gasteiger charge is -2.22. The first-order chi connectivity index (χ1) is 13.7. The molecule has 0 amide bonds. The molecule has 0 radical (unpaired) electrons. The van der Waals surface area contributed by atoms with Crippen LogP contribution in [0, 0.1) is 0 Å². The van der Waals surface area contributed by atoms with Gasteiger partial charge < -0.3 is 14.6 Å². The van der Waals surface area contributed by atoms with Gasteiger partial charge in [0.25, 0.3) is 0 Å². The summed E-state index contributed by atoms with van der Waals surface area (Å²) >= 11 is 0. The first-order valence-corrected chi connectivity index (χ1v) is 10.1. The standard InChI is InChI=1S/C22H26N2O4/c1-27-18-13-7-12-17(23-18)19-15-10-3-2-4-11-16(15)24-20(14-8-5-6-9-14)21(19)28-22(25)26/h7,12-14H,2-6,8-11H2,1H3,(H,25,26). The predicted octanol–water partition coefficient (Wildman–Crippen LogP) is 5.14. The fourth-order valence-electron chi connectivity index (χ4n) is 4.53. The lowest BCUT2D eigenvalue weighted by molar-refractivity contribution is 0.143. The number of hydrogen-bond donors (Lipinski definition) is 1. The molecule has 2 aliphatic carbocycles. The van der Waals surface area contributed by atoms with Crippen molar-refractivity contribution in [2.24, 2.45) is 0 Å². The van der Waals surface area contributed by atoms with Crippen molar-refractivity contribution in [1.82, 2.24) is 9.97 Å². The van der Waals surface area contributed by atoms with Gasteiger partial charge in [-0.05, 0) is 50.2 Å². The van der Waals surface area contributed by atoms with Gasteiger partial charge in [0.2, 0.25) is 5.88 Å². The van der Waals surface area contributed by atoms with E-state index in [9.17, 15) is 9.90 Å². The van der Waals surface area contributed by atoms with Crippen molar-refractivity contribution < 1.29 is 19.4 Å². The number of carboxylic acid groups (broad SMARTS) is 1. The van der Waals surface area contributed by atoms with Crippen molar-refractivity contribution in [2.45, 2.75) is 63.7 Å². The molecule has 2 aromatic heterocycles. The van der Waals surface area contributed by atoms with Crippen LogP contribution in [-0.4, -0.2) is 28.3 Å². The maximum Gasteiger partial charge on any atom is 0.511 e. The number of ether oxygens (including phenoxy) is 2. The highest BCUT2D eigenvalue weighted by atomic mass is 16.7. The second-order valence-electron chi connectivity index (χ2n) is 7.60. The van der Waals surface area contributed by atoms with E-state index in [1.54, 1.807) is 13.2 Å². The SMILES string of the molecule is COc1cccc(-c2c3c(nc(C4CCCC4)c2OC(=O)O)CCCCC3)n1. The first-order valence-electron chi connectivity index (χ1n) is 10.1. The molecule has 0 atom stereocenters. The summed E-state index contributed by atoms with van der Waals surface area (Å²) in [6, 6.07) is 5.57. The molecule has 0 spiro atoms. The Bertz CT molecular complexity index is 875. The van der Waals surface area contributed by atoms with Gasteiger partial charge in [0, 0.05) is 17.7 Å². The third-order valence-electron chi connectivity index (χ3n) is 5.83. The number of fused-ring (bicyclic) bond motifs is 1. The average molecular weight is 382 g/mol. The van der Waals surface area contributed by atoms with Gasteiger partial charge in [-0.1, -0.05) is 25.3 Å². The number of hydrogen-bond acceptors (Lipinski definition) is 5. The van der Waals surface area contributed by atoms with Crippen LogP contribution in [0.2, 0.25) is 0 Å². The van der Waals surface area contributed by atoms with Gasteiger partial charge in [0.15, 0.2) is 5.75 Å². The number of pyridine rings is 2. The Balaban J connectivity index is 1.98. The van der Waals surface area contributed by atoms with Gasteiger partial charge in [-0.3, -0.25) is 4.98 Å². The van der Waals surface area contributed by atoms with E-state index in [1.807, 2.05) is 12.1 Å². The molecule has 6 nitrogen and oxygen atoms in total. The normalized spacial score (nSPS) is 17.0. The molecule has 0 aliphatic heterocycles. The van der Waals surface area contributed by atoms with Crippen molar-refractivity contribution in [3.05, 3.63) is 35.2 Å². The summed E-state index contributed by atoms with van der Waals surface area (Å²) in [6.45, 7) is 0. The van der Waals surface area contributed by atoms with E-state index in [0.29, 0.717) is 17.3 Å². The van der Waals surface area contributed by atoms with Gasteiger partial charge in [-0.2, -0.15) is 0 Å². The monoisotopic (exact) mass is 382 g/mol. The van der Waals surface area contributed by atoms with E-state index in [2.05, 4.69) is 4.98 Å². The summed E-state index contributed by atoms with van der Waals surface area (Å²) in [6.07, 6.45) is 8.10. The number of rotatable bonds is 4. The van der Waals surface area contributed by atoms with E-state index in [1.165, 1.54) is 0 Å². The smallest absolute Gasteiger partial charge is 0.481 e. The van der Waals surface area contributed by atoms with E-state index in [4.69, 9.17) is 14.5 Å². The maximum absolute atomic E-state index is 11.6. The Morgan fingerprint density at radius 3 is 2.61 bits per heavy atom. The highest BCUT2D eigenvalue weighted by molar-refractivity contribution is 5.77. The van der Waals surface area contributed by atoms with Crippen molar-refractivity contribution >= 4 is 6.16 Å². The first kappa shape index (κ1) is 18.7. The lowest BCUT2D eigenvalue weighted by Crippen LogP contribution is -2.14. The minimum atomic E-state index is -1.31. The zero-order valence-electron chi connectivity index (χ0n) is 16.2. The molecule has 1 saturated carbocycles. The molecule has 0 unspecified atom stereocenters. The highest BCUT2D eigenvalue weighted by Gasteiger charge is 2.30. The maximum atomic E-state index is 11.6. The van der Waals surface area contributed by atoms with Gasteiger partial charge in [-0.15, -0.1) is 0 Å². The van der Waals surface area contributed by atoms with Crippen molar-refractivity contribution in [3.8, 4) is 22.9 Å². The Kier molecular flexibility index (Phi) is 5.46. The Morgan fingerprint density at radius 1 is 1.07 bits per heavy atom. The van der Waals surface area contributed by atoms with Gasteiger partial charge in [0.05, 0.1) is 24.1 Å². The van der Waals surface area contributed by atoms with Crippen LogP contribution < -0.4 is 9.47 Å². The summed E-state index contributed by atoms with van der Waals surface area (Å²) in [5, 5.41) is 9.47. The van der Waals surface area contributed by atoms with Gasteiger partial charge in [0.1, 0.15) is 0 Å². The van der Waals surface area contributed by atoms with Crippen LogP contribution in [-0.2, 0) is 12.8 Å².